The van der Waals surface area contributed by atoms with Gasteiger partial charge in [0.1, 0.15) is 5.75 Å². The van der Waals surface area contributed by atoms with Crippen LogP contribution in [-0.2, 0) is 9.53 Å². The van der Waals surface area contributed by atoms with Gasteiger partial charge in [-0.05, 0) is 32.0 Å². The number of esters is 1. The molecule has 0 fully saturated rings. The molecule has 0 saturated carbocycles. The molecule has 5 heteroatoms. The van der Waals surface area contributed by atoms with E-state index in [1.54, 1.807) is 43.2 Å². The predicted octanol–water partition coefficient (Wildman–Crippen LogP) is 2.35. The zero-order valence-corrected chi connectivity index (χ0v) is 13.3. The Morgan fingerprint density at radius 2 is 1.86 bits per heavy atom. The SMILES string of the molecule is COC(=O)C(C)CN(C(=O)c1cccc(OC)c1)C(C)C. The number of nitrogens with zero attached hydrogens (tertiary/aromatic N) is 1. The van der Waals surface area contributed by atoms with Crippen molar-refractivity contribution in [1.29, 1.82) is 0 Å². The van der Waals surface area contributed by atoms with Crippen molar-refractivity contribution >= 4 is 11.9 Å². The summed E-state index contributed by atoms with van der Waals surface area (Å²) >= 11 is 0. The summed E-state index contributed by atoms with van der Waals surface area (Å²) in [7, 11) is 2.91. The average Bonchev–Trinajstić information content (AvgIpc) is 2.50. The number of ether oxygens (including phenoxy) is 2. The highest BCUT2D eigenvalue weighted by atomic mass is 16.5. The van der Waals surface area contributed by atoms with Crippen LogP contribution in [0.3, 0.4) is 0 Å². The van der Waals surface area contributed by atoms with Gasteiger partial charge in [0, 0.05) is 18.2 Å². The van der Waals surface area contributed by atoms with Gasteiger partial charge in [-0.15, -0.1) is 0 Å². The fourth-order valence-electron chi connectivity index (χ4n) is 2.02. The summed E-state index contributed by atoms with van der Waals surface area (Å²) < 4.78 is 9.85. The highest BCUT2D eigenvalue weighted by Crippen LogP contribution is 2.17. The van der Waals surface area contributed by atoms with E-state index in [-0.39, 0.29) is 23.8 Å². The highest BCUT2D eigenvalue weighted by molar-refractivity contribution is 5.95. The van der Waals surface area contributed by atoms with Crippen molar-refractivity contribution in [1.82, 2.24) is 4.90 Å². The zero-order valence-electron chi connectivity index (χ0n) is 13.3. The Bertz CT molecular complexity index is 499. The molecule has 0 bridgehead atoms. The van der Waals surface area contributed by atoms with Crippen LogP contribution in [0.4, 0.5) is 0 Å². The molecular formula is C16H23NO4. The molecule has 1 amide bonds. The Morgan fingerprint density at radius 3 is 2.38 bits per heavy atom. The summed E-state index contributed by atoms with van der Waals surface area (Å²) in [6.45, 7) is 5.91. The third kappa shape index (κ3) is 4.48. The third-order valence-electron chi connectivity index (χ3n) is 3.28. The minimum atomic E-state index is -0.369. The monoisotopic (exact) mass is 293 g/mol. The summed E-state index contributed by atoms with van der Waals surface area (Å²) in [5.74, 6) is -0.184. The van der Waals surface area contributed by atoms with Gasteiger partial charge in [-0.25, -0.2) is 0 Å². The van der Waals surface area contributed by atoms with E-state index in [2.05, 4.69) is 0 Å². The molecule has 1 aromatic carbocycles. The summed E-state index contributed by atoms with van der Waals surface area (Å²) in [6, 6.07) is 6.97. The Morgan fingerprint density at radius 1 is 1.19 bits per heavy atom. The van der Waals surface area contributed by atoms with Crippen LogP contribution in [0.1, 0.15) is 31.1 Å². The first-order valence-corrected chi connectivity index (χ1v) is 6.93. The third-order valence-corrected chi connectivity index (χ3v) is 3.28. The van der Waals surface area contributed by atoms with Gasteiger partial charge >= 0.3 is 5.97 Å². The van der Waals surface area contributed by atoms with E-state index >= 15 is 0 Å². The van der Waals surface area contributed by atoms with E-state index in [1.165, 1.54) is 7.11 Å². The average molecular weight is 293 g/mol. The second kappa shape index (κ2) is 7.67. The maximum Gasteiger partial charge on any atom is 0.310 e. The van der Waals surface area contributed by atoms with Gasteiger partial charge in [0.05, 0.1) is 20.1 Å². The first-order chi connectivity index (χ1) is 9.90. The lowest BCUT2D eigenvalue weighted by atomic mass is 10.1. The molecule has 1 aromatic rings. The van der Waals surface area contributed by atoms with Crippen molar-refractivity contribution in [3.05, 3.63) is 29.8 Å². The molecule has 0 heterocycles. The molecule has 0 N–H and O–H groups in total. The molecule has 21 heavy (non-hydrogen) atoms. The predicted molar refractivity (Wildman–Crippen MR) is 80.3 cm³/mol. The number of carbonyl (C=O) groups excluding carboxylic acids is 2. The summed E-state index contributed by atoms with van der Waals surface area (Å²) in [6.07, 6.45) is 0. The molecule has 0 aliphatic carbocycles. The zero-order chi connectivity index (χ0) is 16.0. The van der Waals surface area contributed by atoms with Crippen molar-refractivity contribution in [2.24, 2.45) is 5.92 Å². The Labute approximate surface area is 125 Å². The second-order valence-electron chi connectivity index (χ2n) is 5.21. The van der Waals surface area contributed by atoms with Gasteiger partial charge in [-0.2, -0.15) is 0 Å². The molecule has 0 radical (unpaired) electrons. The lowest BCUT2D eigenvalue weighted by molar-refractivity contribution is -0.145. The number of hydrogen-bond acceptors (Lipinski definition) is 4. The lowest BCUT2D eigenvalue weighted by Gasteiger charge is -2.29. The van der Waals surface area contributed by atoms with Gasteiger partial charge in [-0.1, -0.05) is 13.0 Å². The first kappa shape index (κ1) is 17.0. The first-order valence-electron chi connectivity index (χ1n) is 6.93. The number of hydrogen-bond donors (Lipinski definition) is 0. The van der Waals surface area contributed by atoms with Crippen molar-refractivity contribution in [3.8, 4) is 5.75 Å². The van der Waals surface area contributed by atoms with Gasteiger partial charge in [0.15, 0.2) is 0 Å². The van der Waals surface area contributed by atoms with Crippen molar-refractivity contribution < 1.29 is 19.1 Å². The second-order valence-corrected chi connectivity index (χ2v) is 5.21. The van der Waals surface area contributed by atoms with Gasteiger partial charge < -0.3 is 14.4 Å². The van der Waals surface area contributed by atoms with Crippen LogP contribution in [0, 0.1) is 5.92 Å². The molecule has 5 nitrogen and oxygen atoms in total. The lowest BCUT2D eigenvalue weighted by Crippen LogP contribution is -2.41. The van der Waals surface area contributed by atoms with Crippen LogP contribution in [0.2, 0.25) is 0 Å². The topological polar surface area (TPSA) is 55.8 Å². The largest absolute Gasteiger partial charge is 0.497 e. The van der Waals surface area contributed by atoms with Gasteiger partial charge in [0.25, 0.3) is 5.91 Å². The Kier molecular flexibility index (Phi) is 6.21. The van der Waals surface area contributed by atoms with E-state index in [1.807, 2.05) is 13.8 Å². The van der Waals surface area contributed by atoms with Crippen LogP contribution in [0.15, 0.2) is 24.3 Å². The van der Waals surface area contributed by atoms with E-state index in [0.29, 0.717) is 17.9 Å². The molecular weight excluding hydrogens is 270 g/mol. The van der Waals surface area contributed by atoms with Crippen LogP contribution < -0.4 is 4.74 Å². The number of benzene rings is 1. The minimum absolute atomic E-state index is 0.0178. The molecule has 0 spiro atoms. The number of amides is 1. The molecule has 0 aromatic heterocycles. The fraction of sp³-hybridized carbons (Fsp3) is 0.500. The van der Waals surface area contributed by atoms with Crippen LogP contribution >= 0.6 is 0 Å². The molecule has 0 saturated heterocycles. The fourth-order valence-corrected chi connectivity index (χ4v) is 2.02. The highest BCUT2D eigenvalue weighted by Gasteiger charge is 2.24. The van der Waals surface area contributed by atoms with Crippen LogP contribution in [-0.4, -0.2) is 43.6 Å². The molecule has 0 aliphatic heterocycles. The summed E-state index contributed by atoms with van der Waals surface area (Å²) in [5, 5.41) is 0. The normalized spacial score (nSPS) is 11.9. The molecule has 116 valence electrons. The molecule has 1 rings (SSSR count). The Balaban J connectivity index is 2.94. The number of carbonyl (C=O) groups is 2. The van der Waals surface area contributed by atoms with E-state index < -0.39 is 0 Å². The van der Waals surface area contributed by atoms with Crippen molar-refractivity contribution in [2.45, 2.75) is 26.8 Å². The maximum absolute atomic E-state index is 12.6. The van der Waals surface area contributed by atoms with E-state index in [4.69, 9.17) is 9.47 Å². The minimum Gasteiger partial charge on any atom is -0.497 e. The number of rotatable bonds is 6. The van der Waals surface area contributed by atoms with Gasteiger partial charge in [-0.3, -0.25) is 9.59 Å². The summed E-state index contributed by atoms with van der Waals surface area (Å²) in [5.41, 5.74) is 0.542. The maximum atomic E-state index is 12.6. The smallest absolute Gasteiger partial charge is 0.310 e. The number of methoxy groups -OCH3 is 2. The van der Waals surface area contributed by atoms with Crippen LogP contribution in [0.25, 0.3) is 0 Å². The van der Waals surface area contributed by atoms with E-state index in [9.17, 15) is 9.59 Å². The standard InChI is InChI=1S/C16H23NO4/c1-11(2)17(10-12(3)16(19)21-5)15(18)13-7-6-8-14(9-13)20-4/h6-9,11-12H,10H2,1-5H3. The van der Waals surface area contributed by atoms with Gasteiger partial charge in [0.2, 0.25) is 0 Å². The molecule has 0 aliphatic rings. The Hall–Kier alpha value is -2.04. The summed E-state index contributed by atoms with van der Waals surface area (Å²) in [4.78, 5) is 25.8. The van der Waals surface area contributed by atoms with Crippen molar-refractivity contribution in [3.63, 3.8) is 0 Å². The quantitative estimate of drug-likeness (QED) is 0.756. The molecule has 1 atom stereocenters. The van der Waals surface area contributed by atoms with Crippen molar-refractivity contribution in [2.75, 3.05) is 20.8 Å². The van der Waals surface area contributed by atoms with Crippen LogP contribution in [0.5, 0.6) is 5.75 Å². The van der Waals surface area contributed by atoms with E-state index in [0.717, 1.165) is 0 Å². The molecule has 1 unspecified atom stereocenters.